The van der Waals surface area contributed by atoms with Crippen LogP contribution in [0.15, 0.2) is 0 Å². The normalized spacial score (nSPS) is 12.8. The van der Waals surface area contributed by atoms with Crippen LogP contribution in [0, 0.1) is 11.8 Å². The fraction of sp³-hybridized carbons (Fsp3) is 1.00. The number of hydrogen-bond acceptors (Lipinski definition) is 0. The van der Waals surface area contributed by atoms with Gasteiger partial charge < -0.3 is 1.43 Å². The Labute approximate surface area is 85.8 Å². The molecule has 1 atom stereocenters. The van der Waals surface area contributed by atoms with Crippen molar-refractivity contribution in [3.05, 3.63) is 0 Å². The zero-order chi connectivity index (χ0) is 7.98. The van der Waals surface area contributed by atoms with Crippen molar-refractivity contribution in [3.8, 4) is 0 Å². The minimum absolute atomic E-state index is 0. The Morgan fingerprint density at radius 2 is 1.64 bits per heavy atom. The predicted molar refractivity (Wildman–Crippen MR) is 49.3 cm³/mol. The van der Waals surface area contributed by atoms with Crippen LogP contribution in [0.1, 0.15) is 54.8 Å². The van der Waals surface area contributed by atoms with Gasteiger partial charge in [0, 0.05) is 0 Å². The smallest absolute Gasteiger partial charge is 1.00 e. The molecule has 0 saturated heterocycles. The molecule has 11 heavy (non-hydrogen) atoms. The van der Waals surface area contributed by atoms with Gasteiger partial charge >= 0.3 is 18.9 Å². The molecular weight excluding hydrogens is 127 g/mol. The Morgan fingerprint density at radius 1 is 1.09 bits per heavy atom. The van der Waals surface area contributed by atoms with Gasteiger partial charge in [0.05, 0.1) is 0 Å². The summed E-state index contributed by atoms with van der Waals surface area (Å²) >= 11 is 0. The maximum absolute atomic E-state index is 2.35. The Hall–Kier alpha value is 0.597. The molecule has 0 spiro atoms. The topological polar surface area (TPSA) is 0 Å². The monoisotopic (exact) mass is 150 g/mol. The summed E-state index contributed by atoms with van der Waals surface area (Å²) in [6, 6.07) is 0. The van der Waals surface area contributed by atoms with Crippen molar-refractivity contribution in [2.45, 2.75) is 53.4 Å². The minimum atomic E-state index is 0. The van der Waals surface area contributed by atoms with E-state index in [1.54, 1.807) is 0 Å². The van der Waals surface area contributed by atoms with Gasteiger partial charge in [0.1, 0.15) is 0 Å². The number of rotatable bonds is 5. The summed E-state index contributed by atoms with van der Waals surface area (Å²) in [5, 5.41) is 0. The van der Waals surface area contributed by atoms with E-state index in [0.717, 1.165) is 11.8 Å². The third-order valence-electron chi connectivity index (χ3n) is 2.18. The van der Waals surface area contributed by atoms with Crippen LogP contribution < -0.4 is 18.9 Å². The third-order valence-corrected chi connectivity index (χ3v) is 2.18. The summed E-state index contributed by atoms with van der Waals surface area (Å²) in [6.45, 7) is 9.23. The third kappa shape index (κ3) is 10.6. The summed E-state index contributed by atoms with van der Waals surface area (Å²) < 4.78 is 0. The van der Waals surface area contributed by atoms with Gasteiger partial charge in [-0.1, -0.05) is 53.4 Å². The van der Waals surface area contributed by atoms with E-state index < -0.39 is 0 Å². The molecule has 0 aromatic rings. The van der Waals surface area contributed by atoms with Gasteiger partial charge in [0.25, 0.3) is 0 Å². The van der Waals surface area contributed by atoms with Crippen LogP contribution >= 0.6 is 0 Å². The molecule has 0 aromatic heterocycles. The molecule has 0 bridgehead atoms. The van der Waals surface area contributed by atoms with Crippen LogP contribution in [0.4, 0.5) is 0 Å². The van der Waals surface area contributed by atoms with Crippen LogP contribution in [0.25, 0.3) is 0 Å². The Bertz CT molecular complexity index is 74.2. The molecule has 0 rings (SSSR count). The second kappa shape index (κ2) is 8.69. The molecule has 0 amide bonds. The van der Waals surface area contributed by atoms with Gasteiger partial charge in [-0.2, -0.15) is 0 Å². The van der Waals surface area contributed by atoms with Crippen LogP contribution in [0.2, 0.25) is 0 Å². The summed E-state index contributed by atoms with van der Waals surface area (Å²) in [7, 11) is 0. The van der Waals surface area contributed by atoms with Crippen molar-refractivity contribution in [1.29, 1.82) is 0 Å². The van der Waals surface area contributed by atoms with Gasteiger partial charge in [-0.25, -0.2) is 0 Å². The summed E-state index contributed by atoms with van der Waals surface area (Å²) in [6.07, 6.45) is 5.60. The molecule has 0 fully saturated rings. The van der Waals surface area contributed by atoms with Crippen molar-refractivity contribution in [1.82, 2.24) is 0 Å². The summed E-state index contributed by atoms with van der Waals surface area (Å²) in [5.74, 6) is 1.84. The largest absolute Gasteiger partial charge is 1.00 e. The van der Waals surface area contributed by atoms with E-state index in [0.29, 0.717) is 0 Å². The maximum Gasteiger partial charge on any atom is 1.00 e. The average molecular weight is 150 g/mol. The van der Waals surface area contributed by atoms with Crippen molar-refractivity contribution in [2.75, 3.05) is 0 Å². The molecule has 64 valence electrons. The molecule has 0 saturated carbocycles. The van der Waals surface area contributed by atoms with Gasteiger partial charge in [0.2, 0.25) is 0 Å². The molecule has 0 aliphatic rings. The first-order chi connectivity index (χ1) is 4.66. The standard InChI is InChI=1S/C10H22.Li.H/c1-5-10(4)8-6-7-9(2)3;;/h9-10H,5-8H2,1-4H3;;/q;+1;-1. The van der Waals surface area contributed by atoms with Crippen LogP contribution in [0.5, 0.6) is 0 Å². The zero-order valence-electron chi connectivity index (χ0n) is 9.98. The van der Waals surface area contributed by atoms with E-state index >= 15 is 0 Å². The van der Waals surface area contributed by atoms with Crippen molar-refractivity contribution in [2.24, 2.45) is 11.8 Å². The van der Waals surface area contributed by atoms with Gasteiger partial charge in [0.15, 0.2) is 0 Å². The predicted octanol–water partition coefficient (Wildman–Crippen LogP) is 0.975. The van der Waals surface area contributed by atoms with Crippen LogP contribution in [-0.4, -0.2) is 0 Å². The SMILES string of the molecule is CCC(C)CCCC(C)C.[H-].[Li+]. The van der Waals surface area contributed by atoms with Crippen LogP contribution in [0.3, 0.4) is 0 Å². The van der Waals surface area contributed by atoms with E-state index in [1.165, 1.54) is 25.7 Å². The fourth-order valence-electron chi connectivity index (χ4n) is 1.08. The van der Waals surface area contributed by atoms with E-state index in [1.807, 2.05) is 0 Å². The van der Waals surface area contributed by atoms with E-state index in [-0.39, 0.29) is 20.3 Å². The van der Waals surface area contributed by atoms with E-state index in [4.69, 9.17) is 0 Å². The zero-order valence-corrected chi connectivity index (χ0v) is 8.98. The molecule has 0 aliphatic carbocycles. The first-order valence-electron chi connectivity index (χ1n) is 4.66. The second-order valence-electron chi connectivity index (χ2n) is 3.84. The van der Waals surface area contributed by atoms with Gasteiger partial charge in [-0.3, -0.25) is 0 Å². The molecule has 0 heterocycles. The summed E-state index contributed by atoms with van der Waals surface area (Å²) in [4.78, 5) is 0. The minimum Gasteiger partial charge on any atom is -1.00 e. The molecule has 0 nitrogen and oxygen atoms in total. The Morgan fingerprint density at radius 3 is 2.00 bits per heavy atom. The molecular formula is C10H23Li. The molecule has 0 N–H and O–H groups in total. The number of hydrogen-bond donors (Lipinski definition) is 0. The molecule has 0 radical (unpaired) electrons. The molecule has 0 aliphatic heterocycles. The van der Waals surface area contributed by atoms with E-state index in [9.17, 15) is 0 Å². The second-order valence-corrected chi connectivity index (χ2v) is 3.84. The Balaban J connectivity index is -0.000000405. The molecule has 1 heteroatoms. The molecule has 1 unspecified atom stereocenters. The van der Waals surface area contributed by atoms with Crippen molar-refractivity contribution >= 4 is 0 Å². The summed E-state index contributed by atoms with van der Waals surface area (Å²) in [5.41, 5.74) is 0. The fourth-order valence-corrected chi connectivity index (χ4v) is 1.08. The first-order valence-corrected chi connectivity index (χ1v) is 4.66. The van der Waals surface area contributed by atoms with E-state index in [2.05, 4.69) is 27.7 Å². The van der Waals surface area contributed by atoms with Crippen molar-refractivity contribution < 1.29 is 20.3 Å². The van der Waals surface area contributed by atoms with Gasteiger partial charge in [-0.05, 0) is 11.8 Å². The van der Waals surface area contributed by atoms with Crippen molar-refractivity contribution in [3.63, 3.8) is 0 Å². The van der Waals surface area contributed by atoms with Crippen LogP contribution in [-0.2, 0) is 0 Å². The molecule has 0 aromatic carbocycles. The van der Waals surface area contributed by atoms with Gasteiger partial charge in [-0.15, -0.1) is 0 Å². The Kier molecular flexibility index (Phi) is 11.2. The average Bonchev–Trinajstić information content (AvgIpc) is 1.87. The first kappa shape index (κ1) is 14.1. The maximum atomic E-state index is 2.35. The quantitative estimate of drug-likeness (QED) is 0.512.